The third kappa shape index (κ3) is 3.19. The molecule has 2 aromatic rings. The van der Waals surface area contributed by atoms with Gasteiger partial charge in [-0.2, -0.15) is 8.78 Å². The van der Waals surface area contributed by atoms with Crippen molar-refractivity contribution >= 4 is 11.8 Å². The molecule has 0 bridgehead atoms. The highest BCUT2D eigenvalue weighted by molar-refractivity contribution is 6.23. The van der Waals surface area contributed by atoms with Gasteiger partial charge in [-0.15, -0.1) is 0 Å². The van der Waals surface area contributed by atoms with E-state index in [-0.39, 0.29) is 22.9 Å². The van der Waals surface area contributed by atoms with Gasteiger partial charge < -0.3 is 10.4 Å². The Kier molecular flexibility index (Phi) is 4.16. The second-order valence-corrected chi connectivity index (χ2v) is 5.49. The van der Waals surface area contributed by atoms with Gasteiger partial charge in [0.2, 0.25) is 17.7 Å². The maximum absolute atomic E-state index is 13.5. The number of aromatic nitrogens is 1. The van der Waals surface area contributed by atoms with E-state index in [4.69, 9.17) is 0 Å². The van der Waals surface area contributed by atoms with E-state index in [0.29, 0.717) is 0 Å². The number of nitrogens with zero attached hydrogens (tertiary/aromatic N) is 1. The van der Waals surface area contributed by atoms with Gasteiger partial charge in [0.1, 0.15) is 5.57 Å². The van der Waals surface area contributed by atoms with Crippen LogP contribution in [0.4, 0.5) is 8.78 Å². The number of rotatable bonds is 6. The van der Waals surface area contributed by atoms with Gasteiger partial charge in [-0.3, -0.25) is 9.36 Å². The number of halogens is 2. The van der Waals surface area contributed by atoms with Crippen LogP contribution in [-0.2, 0) is 4.79 Å². The summed E-state index contributed by atoms with van der Waals surface area (Å²) in [5.74, 6) is -3.55. The van der Waals surface area contributed by atoms with Crippen LogP contribution in [0.15, 0.2) is 48.2 Å². The number of carbonyl (C=O) groups excluding carboxylic acids is 1. The fourth-order valence-corrected chi connectivity index (χ4v) is 2.23. The summed E-state index contributed by atoms with van der Waals surface area (Å²) >= 11 is 0. The highest BCUT2D eigenvalue weighted by Gasteiger charge is 2.23. The summed E-state index contributed by atoms with van der Waals surface area (Å²) in [4.78, 5) is 23.6. The number of benzene rings is 1. The number of carbonyl (C=O) groups is 2. The van der Waals surface area contributed by atoms with Crippen molar-refractivity contribution in [2.24, 2.45) is 0 Å². The second kappa shape index (κ2) is 6.27. The largest absolute Gasteiger partial charge is 0.477 e. The fraction of sp³-hybridized carbons (Fsp3) is 0.176. The quantitative estimate of drug-likeness (QED) is 0.369. The van der Waals surface area contributed by atoms with Crippen molar-refractivity contribution in [1.82, 2.24) is 9.88 Å². The average Bonchev–Trinajstić information content (AvgIpc) is 3.32. The normalized spacial score (nSPS) is 14.5. The van der Waals surface area contributed by atoms with Crippen LogP contribution in [0.2, 0.25) is 0 Å². The van der Waals surface area contributed by atoms with Crippen LogP contribution in [0, 0.1) is 11.9 Å². The number of carboxylic acid groups (broad SMARTS) is 1. The van der Waals surface area contributed by atoms with Crippen LogP contribution in [0.25, 0.3) is 5.69 Å². The van der Waals surface area contributed by atoms with Crippen molar-refractivity contribution in [3.05, 3.63) is 65.6 Å². The Balaban J connectivity index is 1.85. The Morgan fingerprint density at radius 1 is 1.08 bits per heavy atom. The van der Waals surface area contributed by atoms with Crippen LogP contribution in [0.5, 0.6) is 0 Å². The summed E-state index contributed by atoms with van der Waals surface area (Å²) < 4.78 is 27.8. The summed E-state index contributed by atoms with van der Waals surface area (Å²) in [6, 6.07) is 7.58. The van der Waals surface area contributed by atoms with E-state index < -0.39 is 23.6 Å². The first-order valence-corrected chi connectivity index (χ1v) is 7.35. The molecule has 1 saturated carbocycles. The second-order valence-electron chi connectivity index (χ2n) is 5.49. The molecule has 0 aliphatic heterocycles. The molecule has 1 aromatic carbocycles. The molecule has 5 nitrogen and oxygen atoms in total. The molecular formula is C17H14F2N2O3. The Labute approximate surface area is 136 Å². The lowest BCUT2D eigenvalue weighted by molar-refractivity contribution is -0.132. The van der Waals surface area contributed by atoms with Crippen molar-refractivity contribution in [3.8, 4) is 5.69 Å². The zero-order chi connectivity index (χ0) is 17.3. The molecule has 1 aliphatic rings. The van der Waals surface area contributed by atoms with E-state index >= 15 is 0 Å². The fourth-order valence-electron chi connectivity index (χ4n) is 2.23. The molecule has 0 atom stereocenters. The zero-order valence-corrected chi connectivity index (χ0v) is 12.5. The minimum Gasteiger partial charge on any atom is -0.477 e. The van der Waals surface area contributed by atoms with Gasteiger partial charge in [-0.25, -0.2) is 4.79 Å². The SMILES string of the molecule is O=C(O)C(=CNC1CC1)C(=O)c1ccc(-n2c(F)ccc2F)cc1. The minimum absolute atomic E-state index is 0.123. The van der Waals surface area contributed by atoms with E-state index in [1.165, 1.54) is 30.5 Å². The summed E-state index contributed by atoms with van der Waals surface area (Å²) in [5, 5.41) is 12.1. The average molecular weight is 332 g/mol. The molecule has 2 N–H and O–H groups in total. The van der Waals surface area contributed by atoms with Gasteiger partial charge in [-0.05, 0) is 49.2 Å². The third-order valence-electron chi connectivity index (χ3n) is 3.69. The molecule has 7 heteroatoms. The van der Waals surface area contributed by atoms with Gasteiger partial charge in [0, 0.05) is 17.8 Å². The van der Waals surface area contributed by atoms with Crippen molar-refractivity contribution in [2.45, 2.75) is 18.9 Å². The molecule has 0 unspecified atom stereocenters. The summed E-state index contributed by atoms with van der Waals surface area (Å²) in [5.41, 5.74) is -0.0607. The van der Waals surface area contributed by atoms with Gasteiger partial charge in [0.15, 0.2) is 0 Å². The van der Waals surface area contributed by atoms with Crippen LogP contribution < -0.4 is 5.32 Å². The van der Waals surface area contributed by atoms with Crippen LogP contribution in [0.1, 0.15) is 23.2 Å². The van der Waals surface area contributed by atoms with Crippen LogP contribution >= 0.6 is 0 Å². The Hall–Kier alpha value is -2.96. The maximum atomic E-state index is 13.5. The van der Waals surface area contributed by atoms with Gasteiger partial charge in [-0.1, -0.05) is 0 Å². The molecular weight excluding hydrogens is 318 g/mol. The molecule has 0 saturated heterocycles. The highest BCUT2D eigenvalue weighted by Crippen LogP contribution is 2.20. The Morgan fingerprint density at radius 2 is 1.67 bits per heavy atom. The Morgan fingerprint density at radius 3 is 2.17 bits per heavy atom. The first kappa shape index (κ1) is 15.9. The van der Waals surface area contributed by atoms with Crippen LogP contribution in [-0.4, -0.2) is 27.5 Å². The smallest absolute Gasteiger partial charge is 0.341 e. The van der Waals surface area contributed by atoms with Crippen molar-refractivity contribution in [3.63, 3.8) is 0 Å². The first-order valence-electron chi connectivity index (χ1n) is 7.35. The van der Waals surface area contributed by atoms with E-state index in [1.54, 1.807) is 0 Å². The predicted molar refractivity (Wildman–Crippen MR) is 81.9 cm³/mol. The maximum Gasteiger partial charge on any atom is 0.341 e. The van der Waals surface area contributed by atoms with Gasteiger partial charge in [0.25, 0.3) is 0 Å². The Bertz CT molecular complexity index is 801. The molecule has 1 aromatic heterocycles. The topological polar surface area (TPSA) is 71.3 Å². The number of hydrogen-bond acceptors (Lipinski definition) is 3. The van der Waals surface area contributed by atoms with E-state index in [2.05, 4.69) is 5.32 Å². The number of aliphatic carboxylic acids is 1. The standard InChI is InChI=1S/C17H14F2N2O3/c18-14-7-8-15(19)21(14)12-5-1-10(2-6-12)16(22)13(17(23)24)9-20-11-3-4-11/h1-2,5-9,11,20H,3-4H2,(H,23,24). The molecule has 3 rings (SSSR count). The van der Waals surface area contributed by atoms with E-state index in [9.17, 15) is 23.5 Å². The molecule has 1 aliphatic carbocycles. The third-order valence-corrected chi connectivity index (χ3v) is 3.69. The lowest BCUT2D eigenvalue weighted by Crippen LogP contribution is -2.18. The lowest BCUT2D eigenvalue weighted by Gasteiger charge is -2.07. The van der Waals surface area contributed by atoms with Crippen LogP contribution in [0.3, 0.4) is 0 Å². The monoisotopic (exact) mass is 332 g/mol. The van der Waals surface area contributed by atoms with Crippen molar-refractivity contribution in [1.29, 1.82) is 0 Å². The number of nitrogens with one attached hydrogen (secondary N) is 1. The molecule has 24 heavy (non-hydrogen) atoms. The summed E-state index contributed by atoms with van der Waals surface area (Å²) in [6.45, 7) is 0. The van der Waals surface area contributed by atoms with E-state index in [1.807, 2.05) is 0 Å². The summed E-state index contributed by atoms with van der Waals surface area (Å²) in [6.07, 6.45) is 3.10. The number of Topliss-reactive ketones (excluding diaryl/α,β-unsaturated/α-hetero) is 1. The van der Waals surface area contributed by atoms with E-state index in [0.717, 1.165) is 29.5 Å². The highest BCUT2D eigenvalue weighted by atomic mass is 19.1. The molecule has 0 spiro atoms. The van der Waals surface area contributed by atoms with Gasteiger partial charge >= 0.3 is 5.97 Å². The number of carboxylic acids is 1. The summed E-state index contributed by atoms with van der Waals surface area (Å²) in [7, 11) is 0. The molecule has 1 fully saturated rings. The zero-order valence-electron chi connectivity index (χ0n) is 12.5. The van der Waals surface area contributed by atoms with Gasteiger partial charge in [0.05, 0.1) is 5.69 Å². The first-order chi connectivity index (χ1) is 11.5. The predicted octanol–water partition coefficient (Wildman–Crippen LogP) is 2.66. The minimum atomic E-state index is -1.33. The molecule has 124 valence electrons. The number of ketones is 1. The van der Waals surface area contributed by atoms with Crippen molar-refractivity contribution in [2.75, 3.05) is 0 Å². The number of hydrogen-bond donors (Lipinski definition) is 2. The molecule has 0 radical (unpaired) electrons. The van der Waals surface area contributed by atoms with Crippen molar-refractivity contribution < 1.29 is 23.5 Å². The lowest BCUT2D eigenvalue weighted by atomic mass is 10.0. The molecule has 1 heterocycles. The molecule has 0 amide bonds.